The van der Waals surface area contributed by atoms with E-state index < -0.39 is 7.04 Å². The SMILES string of the molecule is [2H]C([2H])([2H])Oc1ccc(-c2cc(NCCCN)c3ccccc3n2)cc1. The van der Waals surface area contributed by atoms with E-state index in [2.05, 4.69) is 5.32 Å². The van der Waals surface area contributed by atoms with Crippen molar-refractivity contribution in [1.82, 2.24) is 4.98 Å². The van der Waals surface area contributed by atoms with Crippen LogP contribution in [0.5, 0.6) is 5.75 Å². The van der Waals surface area contributed by atoms with Gasteiger partial charge in [-0.3, -0.25) is 0 Å². The molecule has 0 bridgehead atoms. The highest BCUT2D eigenvalue weighted by Crippen LogP contribution is 2.29. The van der Waals surface area contributed by atoms with Crippen molar-refractivity contribution in [2.45, 2.75) is 6.42 Å². The molecule has 0 spiro atoms. The van der Waals surface area contributed by atoms with Crippen LogP contribution < -0.4 is 15.8 Å². The monoisotopic (exact) mass is 310 g/mol. The second-order valence-corrected chi connectivity index (χ2v) is 5.27. The molecule has 1 heterocycles. The number of para-hydroxylation sites is 1. The molecule has 0 amide bonds. The highest BCUT2D eigenvalue weighted by atomic mass is 16.5. The van der Waals surface area contributed by atoms with Crippen molar-refractivity contribution in [3.05, 3.63) is 54.6 Å². The molecule has 0 aliphatic carbocycles. The Kier molecular flexibility index (Phi) is 3.68. The smallest absolute Gasteiger partial charge is 0.118 e. The van der Waals surface area contributed by atoms with Crippen molar-refractivity contribution >= 4 is 16.6 Å². The van der Waals surface area contributed by atoms with Gasteiger partial charge in [-0.25, -0.2) is 4.98 Å². The van der Waals surface area contributed by atoms with Gasteiger partial charge in [0.2, 0.25) is 0 Å². The maximum atomic E-state index is 7.17. The van der Waals surface area contributed by atoms with E-state index in [0.29, 0.717) is 12.3 Å². The molecule has 0 radical (unpaired) electrons. The van der Waals surface area contributed by atoms with Crippen LogP contribution in [-0.4, -0.2) is 25.1 Å². The number of nitrogens with one attached hydrogen (secondary N) is 1. The highest BCUT2D eigenvalue weighted by Gasteiger charge is 2.07. The van der Waals surface area contributed by atoms with E-state index in [-0.39, 0.29) is 0 Å². The second kappa shape index (κ2) is 7.11. The third-order valence-corrected chi connectivity index (χ3v) is 3.68. The van der Waals surface area contributed by atoms with Crippen molar-refractivity contribution in [2.75, 3.05) is 25.4 Å². The van der Waals surface area contributed by atoms with E-state index in [1.807, 2.05) is 42.5 Å². The van der Waals surface area contributed by atoms with Gasteiger partial charge in [0.05, 0.1) is 22.4 Å². The molecular formula is C19H21N3O. The van der Waals surface area contributed by atoms with Gasteiger partial charge >= 0.3 is 0 Å². The fourth-order valence-corrected chi connectivity index (χ4v) is 2.49. The third-order valence-electron chi connectivity index (χ3n) is 3.68. The Morgan fingerprint density at radius 3 is 2.78 bits per heavy atom. The second-order valence-electron chi connectivity index (χ2n) is 5.27. The van der Waals surface area contributed by atoms with Crippen LogP contribution >= 0.6 is 0 Å². The number of anilines is 1. The maximum absolute atomic E-state index is 7.17. The predicted molar refractivity (Wildman–Crippen MR) is 95.9 cm³/mol. The molecule has 4 heteroatoms. The molecule has 0 saturated heterocycles. The molecule has 23 heavy (non-hydrogen) atoms. The Morgan fingerprint density at radius 2 is 2.00 bits per heavy atom. The number of nitrogens with two attached hydrogens (primary N) is 1. The van der Waals surface area contributed by atoms with Crippen LogP contribution in [0.3, 0.4) is 0 Å². The van der Waals surface area contributed by atoms with Crippen molar-refractivity contribution < 1.29 is 8.85 Å². The van der Waals surface area contributed by atoms with Gasteiger partial charge in [0.1, 0.15) is 5.75 Å². The van der Waals surface area contributed by atoms with Crippen molar-refractivity contribution in [1.29, 1.82) is 0 Å². The Labute approximate surface area is 140 Å². The van der Waals surface area contributed by atoms with E-state index in [4.69, 9.17) is 19.6 Å². The zero-order valence-corrected chi connectivity index (χ0v) is 12.8. The lowest BCUT2D eigenvalue weighted by Crippen LogP contribution is -2.09. The summed E-state index contributed by atoms with van der Waals surface area (Å²) in [6, 6.07) is 16.8. The number of nitrogens with zero attached hydrogens (tertiary/aromatic N) is 1. The van der Waals surface area contributed by atoms with Gasteiger partial charge in [-0.15, -0.1) is 0 Å². The van der Waals surface area contributed by atoms with Crippen LogP contribution in [0.15, 0.2) is 54.6 Å². The standard InChI is InChI=1S/C19H21N3O/c1-23-15-9-7-14(8-10-15)18-13-19(21-12-4-11-20)16-5-2-3-6-17(16)22-18/h2-3,5-10,13H,4,11-12,20H2,1H3,(H,21,22)/i1D3. The lowest BCUT2D eigenvalue weighted by Gasteiger charge is -2.12. The van der Waals surface area contributed by atoms with Crippen LogP contribution in [0.25, 0.3) is 22.2 Å². The van der Waals surface area contributed by atoms with Crippen molar-refractivity contribution in [3.63, 3.8) is 0 Å². The lowest BCUT2D eigenvalue weighted by molar-refractivity contribution is 0.415. The minimum atomic E-state index is -2.46. The number of aromatic nitrogens is 1. The largest absolute Gasteiger partial charge is 0.497 e. The van der Waals surface area contributed by atoms with Gasteiger partial charge in [0.25, 0.3) is 0 Å². The molecule has 0 atom stereocenters. The van der Waals surface area contributed by atoms with Crippen molar-refractivity contribution in [2.24, 2.45) is 5.73 Å². The molecular weight excluding hydrogens is 286 g/mol. The highest BCUT2D eigenvalue weighted by molar-refractivity contribution is 5.93. The molecule has 118 valence electrons. The first-order valence-electron chi connectivity index (χ1n) is 9.09. The van der Waals surface area contributed by atoms with Crippen LogP contribution in [0.1, 0.15) is 10.5 Å². The summed E-state index contributed by atoms with van der Waals surface area (Å²) in [6.07, 6.45) is 0.882. The van der Waals surface area contributed by atoms with Gasteiger partial charge in [-0.05, 0) is 49.4 Å². The van der Waals surface area contributed by atoms with E-state index in [9.17, 15) is 0 Å². The van der Waals surface area contributed by atoms with Crippen molar-refractivity contribution in [3.8, 4) is 17.0 Å². The summed E-state index contributed by atoms with van der Waals surface area (Å²) in [7, 11) is -2.46. The number of hydrogen-bond donors (Lipinski definition) is 2. The molecule has 2 aromatic carbocycles. The van der Waals surface area contributed by atoms with Gasteiger partial charge < -0.3 is 15.8 Å². The Hall–Kier alpha value is -2.59. The van der Waals surface area contributed by atoms with Gasteiger partial charge in [0, 0.05) is 23.2 Å². The summed E-state index contributed by atoms with van der Waals surface area (Å²) in [6.45, 7) is 1.42. The first-order chi connectivity index (χ1) is 12.5. The van der Waals surface area contributed by atoms with E-state index in [0.717, 1.165) is 40.8 Å². The first-order valence-corrected chi connectivity index (χ1v) is 7.59. The summed E-state index contributed by atoms with van der Waals surface area (Å²) in [5, 5.41) is 4.47. The van der Waals surface area contributed by atoms with Gasteiger partial charge in [-0.1, -0.05) is 18.2 Å². The molecule has 0 unspecified atom stereocenters. The third kappa shape index (κ3) is 3.43. The fourth-order valence-electron chi connectivity index (χ4n) is 2.49. The van der Waals surface area contributed by atoms with Crippen LogP contribution in [0.4, 0.5) is 5.69 Å². The number of ether oxygens (including phenoxy) is 1. The lowest BCUT2D eigenvalue weighted by atomic mass is 10.1. The molecule has 3 aromatic rings. The molecule has 3 rings (SSSR count). The van der Waals surface area contributed by atoms with E-state index in [1.165, 1.54) is 0 Å². The quantitative estimate of drug-likeness (QED) is 0.682. The number of fused-ring (bicyclic) bond motifs is 1. The van der Waals surface area contributed by atoms with E-state index >= 15 is 0 Å². The summed E-state index contributed by atoms with van der Waals surface area (Å²) >= 11 is 0. The molecule has 3 N–H and O–H groups in total. The molecule has 0 aliphatic heterocycles. The van der Waals surface area contributed by atoms with Gasteiger partial charge in [0.15, 0.2) is 0 Å². The zero-order valence-electron chi connectivity index (χ0n) is 15.8. The Balaban J connectivity index is 1.94. The number of hydrogen-bond acceptors (Lipinski definition) is 4. The summed E-state index contributed by atoms with van der Waals surface area (Å²) < 4.78 is 26.4. The van der Waals surface area contributed by atoms with E-state index in [1.54, 1.807) is 12.1 Å². The zero-order chi connectivity index (χ0) is 18.6. The molecule has 1 aromatic heterocycles. The summed E-state index contributed by atoms with van der Waals surface area (Å²) in [5.74, 6) is 0.302. The minimum absolute atomic E-state index is 0.302. The normalized spacial score (nSPS) is 13.2. The molecule has 0 saturated carbocycles. The topological polar surface area (TPSA) is 60.2 Å². The number of rotatable bonds is 6. The van der Waals surface area contributed by atoms with Crippen LogP contribution in [-0.2, 0) is 0 Å². The molecule has 0 fully saturated rings. The maximum Gasteiger partial charge on any atom is 0.118 e. The molecule has 0 aliphatic rings. The average molecular weight is 310 g/mol. The first kappa shape index (κ1) is 11.9. The number of pyridine rings is 1. The number of methoxy groups -OCH3 is 1. The fraction of sp³-hybridized carbons (Fsp3) is 0.211. The summed E-state index contributed by atoms with van der Waals surface area (Å²) in [5.41, 5.74) is 9.16. The average Bonchev–Trinajstić information content (AvgIpc) is 2.61. The number of benzene rings is 2. The Bertz CT molecular complexity index is 879. The van der Waals surface area contributed by atoms with Gasteiger partial charge in [-0.2, -0.15) is 0 Å². The van der Waals surface area contributed by atoms with Crippen LogP contribution in [0.2, 0.25) is 0 Å². The minimum Gasteiger partial charge on any atom is -0.497 e. The molecule has 4 nitrogen and oxygen atoms in total. The predicted octanol–water partition coefficient (Wildman–Crippen LogP) is 3.67. The summed E-state index contributed by atoms with van der Waals surface area (Å²) in [4.78, 5) is 4.72. The van der Waals surface area contributed by atoms with Crippen LogP contribution in [0, 0.1) is 0 Å². The Morgan fingerprint density at radius 1 is 1.17 bits per heavy atom.